The van der Waals surface area contributed by atoms with Crippen molar-refractivity contribution in [3.8, 4) is 11.1 Å². The molecule has 3 fully saturated rings. The van der Waals surface area contributed by atoms with Gasteiger partial charge in [-0.3, -0.25) is 4.90 Å². The third-order valence-electron chi connectivity index (χ3n) is 7.72. The number of amides is 1. The average Bonchev–Trinajstić information content (AvgIpc) is 3.30. The minimum Gasteiger partial charge on any atom is -0.450 e. The fraction of sp³-hybridized carbons (Fsp3) is 0.538. The van der Waals surface area contributed by atoms with Gasteiger partial charge in [-0.15, -0.1) is 0 Å². The molecule has 2 aromatic rings. The van der Waals surface area contributed by atoms with E-state index in [-0.39, 0.29) is 23.7 Å². The number of hydrogen-bond acceptors (Lipinski definition) is 6. The van der Waals surface area contributed by atoms with Gasteiger partial charge in [0.15, 0.2) is 0 Å². The fourth-order valence-corrected chi connectivity index (χ4v) is 5.94. The lowest BCUT2D eigenvalue weighted by molar-refractivity contribution is -0.00294. The van der Waals surface area contributed by atoms with Crippen molar-refractivity contribution in [2.24, 2.45) is 5.41 Å². The quantitative estimate of drug-likeness (QED) is 0.696. The molecule has 9 heteroatoms. The summed E-state index contributed by atoms with van der Waals surface area (Å²) in [6.07, 6.45) is 4.29. The molecule has 1 N–H and O–H groups in total. The number of rotatable bonds is 5. The topological polar surface area (TPSA) is 69.1 Å². The molecule has 0 radical (unpaired) electrons. The van der Waals surface area contributed by atoms with E-state index in [0.717, 1.165) is 45.4 Å². The molecule has 1 spiro atoms. The highest BCUT2D eigenvalue weighted by Crippen LogP contribution is 2.47. The SMILES string of the molecule is CCOC(=O)N1CC2(CCC(N3CCN(c4ncc(F)cc4-c4cc(CO)ccc4F)CC3)C2)C1. The molecule has 1 saturated carbocycles. The molecule has 188 valence electrons. The maximum atomic E-state index is 14.7. The van der Waals surface area contributed by atoms with E-state index in [1.54, 1.807) is 11.0 Å². The number of aliphatic hydroxyl groups excluding tert-OH is 1. The third-order valence-corrected chi connectivity index (χ3v) is 7.72. The lowest BCUT2D eigenvalue weighted by atomic mass is 9.78. The number of aliphatic hydroxyl groups is 1. The summed E-state index contributed by atoms with van der Waals surface area (Å²) < 4.78 is 33.9. The number of aromatic nitrogens is 1. The largest absolute Gasteiger partial charge is 0.450 e. The van der Waals surface area contributed by atoms with E-state index in [0.29, 0.717) is 42.7 Å². The third kappa shape index (κ3) is 4.71. The minimum atomic E-state index is -0.523. The van der Waals surface area contributed by atoms with Crippen LogP contribution in [-0.2, 0) is 11.3 Å². The van der Waals surface area contributed by atoms with Gasteiger partial charge >= 0.3 is 6.09 Å². The van der Waals surface area contributed by atoms with Crippen LogP contribution in [0.4, 0.5) is 19.4 Å². The van der Waals surface area contributed by atoms with Crippen LogP contribution in [-0.4, -0.2) is 77.9 Å². The molecule has 1 unspecified atom stereocenters. The van der Waals surface area contributed by atoms with Gasteiger partial charge in [0.05, 0.1) is 19.4 Å². The zero-order chi connectivity index (χ0) is 24.6. The van der Waals surface area contributed by atoms with Crippen LogP contribution < -0.4 is 4.90 Å². The number of hydrogen-bond donors (Lipinski definition) is 1. The van der Waals surface area contributed by atoms with Crippen molar-refractivity contribution in [2.75, 3.05) is 50.8 Å². The van der Waals surface area contributed by atoms with Gasteiger partial charge in [-0.1, -0.05) is 6.07 Å². The first-order valence-electron chi connectivity index (χ1n) is 12.4. The monoisotopic (exact) mass is 486 g/mol. The zero-order valence-corrected chi connectivity index (χ0v) is 20.1. The second-order valence-electron chi connectivity index (χ2n) is 9.97. The van der Waals surface area contributed by atoms with Gasteiger partial charge in [-0.2, -0.15) is 0 Å². The summed E-state index contributed by atoms with van der Waals surface area (Å²) in [5.41, 5.74) is 1.43. The first kappa shape index (κ1) is 23.9. The number of ether oxygens (including phenoxy) is 1. The van der Waals surface area contributed by atoms with Gasteiger partial charge in [0.1, 0.15) is 17.5 Å². The number of pyridine rings is 1. The molecular weight excluding hydrogens is 454 g/mol. The van der Waals surface area contributed by atoms with Gasteiger partial charge in [-0.25, -0.2) is 18.6 Å². The molecule has 5 rings (SSSR count). The van der Waals surface area contributed by atoms with Crippen molar-refractivity contribution in [1.82, 2.24) is 14.8 Å². The standard InChI is InChI=1S/C26H32F2N4O3/c1-2-35-25(34)32-16-26(17-32)6-5-20(13-26)30-7-9-31(10-8-30)24-22(12-19(27)14-29-24)21-11-18(15-33)3-4-23(21)28/h3-4,11-12,14,20,33H,2,5-10,13,15-17H2,1H3. The predicted octanol–water partition coefficient (Wildman–Crippen LogP) is 3.65. The lowest BCUT2D eigenvalue weighted by Crippen LogP contribution is -2.58. The predicted molar refractivity (Wildman–Crippen MR) is 128 cm³/mol. The molecule has 1 aromatic heterocycles. The molecule has 1 atom stereocenters. The summed E-state index contributed by atoms with van der Waals surface area (Å²) >= 11 is 0. The van der Waals surface area contributed by atoms with Crippen LogP contribution in [0.25, 0.3) is 11.1 Å². The molecule has 2 saturated heterocycles. The summed E-state index contributed by atoms with van der Waals surface area (Å²) in [4.78, 5) is 22.7. The van der Waals surface area contributed by atoms with E-state index in [2.05, 4.69) is 14.8 Å². The van der Waals surface area contributed by atoms with Gasteiger partial charge in [0.25, 0.3) is 0 Å². The number of carbonyl (C=O) groups is 1. The highest BCUT2D eigenvalue weighted by atomic mass is 19.1. The van der Waals surface area contributed by atoms with Crippen molar-refractivity contribution in [3.63, 3.8) is 0 Å². The fourth-order valence-electron chi connectivity index (χ4n) is 5.94. The summed E-state index contributed by atoms with van der Waals surface area (Å²) in [5, 5.41) is 9.48. The summed E-state index contributed by atoms with van der Waals surface area (Å²) in [6, 6.07) is 6.18. The molecule has 0 bridgehead atoms. The normalized spacial score (nSPS) is 21.9. The number of halogens is 2. The number of nitrogens with zero attached hydrogens (tertiary/aromatic N) is 4. The number of carbonyl (C=O) groups excluding carboxylic acids is 1. The lowest BCUT2D eigenvalue weighted by Gasteiger charge is -2.48. The number of anilines is 1. The molecule has 1 aromatic carbocycles. The Hall–Kier alpha value is -2.78. The summed E-state index contributed by atoms with van der Waals surface area (Å²) in [5.74, 6) is -0.431. The van der Waals surface area contributed by atoms with Crippen LogP contribution in [0.3, 0.4) is 0 Å². The van der Waals surface area contributed by atoms with Crippen LogP contribution in [0.5, 0.6) is 0 Å². The van der Waals surface area contributed by atoms with E-state index in [4.69, 9.17) is 4.74 Å². The van der Waals surface area contributed by atoms with Crippen LogP contribution in [0.15, 0.2) is 30.5 Å². The Kier molecular flexibility index (Phi) is 6.63. The molecule has 1 amide bonds. The molecule has 1 aliphatic carbocycles. The number of piperazine rings is 1. The van der Waals surface area contributed by atoms with Crippen LogP contribution in [0.2, 0.25) is 0 Å². The molecule has 7 nitrogen and oxygen atoms in total. The van der Waals surface area contributed by atoms with Crippen molar-refractivity contribution in [2.45, 2.75) is 38.8 Å². The maximum absolute atomic E-state index is 14.7. The van der Waals surface area contributed by atoms with Crippen LogP contribution in [0, 0.1) is 17.0 Å². The highest BCUT2D eigenvalue weighted by molar-refractivity contribution is 5.77. The Morgan fingerprint density at radius 2 is 1.94 bits per heavy atom. The van der Waals surface area contributed by atoms with E-state index in [1.807, 2.05) is 6.92 Å². The molecular formula is C26H32F2N4O3. The van der Waals surface area contributed by atoms with Crippen LogP contribution in [0.1, 0.15) is 31.7 Å². The first-order valence-corrected chi connectivity index (χ1v) is 12.4. The van der Waals surface area contributed by atoms with Gasteiger partial charge in [0, 0.05) is 61.9 Å². The van der Waals surface area contributed by atoms with Crippen molar-refractivity contribution >= 4 is 11.9 Å². The number of benzene rings is 1. The Morgan fingerprint density at radius 1 is 1.17 bits per heavy atom. The van der Waals surface area contributed by atoms with Crippen molar-refractivity contribution in [3.05, 3.63) is 47.7 Å². The second kappa shape index (κ2) is 9.70. The van der Waals surface area contributed by atoms with Gasteiger partial charge in [-0.05, 0) is 49.9 Å². The molecule has 3 aliphatic rings. The summed E-state index contributed by atoms with van der Waals surface area (Å²) in [6.45, 7) is 6.69. The first-order chi connectivity index (χ1) is 16.9. The van der Waals surface area contributed by atoms with E-state index >= 15 is 0 Å². The molecule has 3 heterocycles. The van der Waals surface area contributed by atoms with E-state index in [1.165, 1.54) is 24.4 Å². The maximum Gasteiger partial charge on any atom is 0.409 e. The Morgan fingerprint density at radius 3 is 2.66 bits per heavy atom. The van der Waals surface area contributed by atoms with Crippen molar-refractivity contribution in [1.29, 1.82) is 0 Å². The summed E-state index contributed by atoms with van der Waals surface area (Å²) in [7, 11) is 0. The molecule has 2 aliphatic heterocycles. The van der Waals surface area contributed by atoms with E-state index in [9.17, 15) is 18.7 Å². The van der Waals surface area contributed by atoms with Gasteiger partial charge < -0.3 is 19.6 Å². The van der Waals surface area contributed by atoms with Crippen molar-refractivity contribution < 1.29 is 23.4 Å². The molecule has 35 heavy (non-hydrogen) atoms. The zero-order valence-electron chi connectivity index (χ0n) is 20.1. The number of likely N-dealkylation sites (tertiary alicyclic amines) is 1. The Bertz CT molecular complexity index is 1080. The van der Waals surface area contributed by atoms with Crippen LogP contribution >= 0.6 is 0 Å². The average molecular weight is 487 g/mol. The Labute approximate surface area is 204 Å². The smallest absolute Gasteiger partial charge is 0.409 e. The van der Waals surface area contributed by atoms with E-state index < -0.39 is 11.6 Å². The second-order valence-corrected chi connectivity index (χ2v) is 9.97. The Balaban J connectivity index is 1.24. The minimum absolute atomic E-state index is 0.209. The highest BCUT2D eigenvalue weighted by Gasteiger charge is 2.51. The van der Waals surface area contributed by atoms with Gasteiger partial charge in [0.2, 0.25) is 0 Å².